The van der Waals surface area contributed by atoms with Crippen molar-refractivity contribution in [2.75, 3.05) is 13.1 Å². The summed E-state index contributed by atoms with van der Waals surface area (Å²) in [5.41, 5.74) is 3.06. The standard InChI is InChI=1S/C21H24N4O3/c1-13-17(14(2)27-23-13)9-10-20(26)25-11-18(16-7-5-4-6-8-16)19(12-25)21-22-15(3)24-28-21/h4-8,18-19H,9-12H2,1-3H3/t18-,19+/m0/s1. The first-order valence-electron chi connectivity index (χ1n) is 9.57. The first-order chi connectivity index (χ1) is 13.5. The molecule has 3 aromatic rings. The Labute approximate surface area is 163 Å². The maximum atomic E-state index is 12.9. The van der Waals surface area contributed by atoms with E-state index in [0.717, 1.165) is 17.0 Å². The summed E-state index contributed by atoms with van der Waals surface area (Å²) < 4.78 is 10.7. The van der Waals surface area contributed by atoms with Gasteiger partial charge in [-0.2, -0.15) is 4.98 Å². The number of aromatic nitrogens is 3. The number of hydrogen-bond acceptors (Lipinski definition) is 6. The summed E-state index contributed by atoms with van der Waals surface area (Å²) in [6.07, 6.45) is 1.07. The average Bonchev–Trinajstić information content (AvgIpc) is 3.40. The molecule has 7 heteroatoms. The van der Waals surface area contributed by atoms with Gasteiger partial charge >= 0.3 is 0 Å². The Morgan fingerprint density at radius 3 is 2.46 bits per heavy atom. The number of likely N-dealkylation sites (tertiary alicyclic amines) is 1. The Balaban J connectivity index is 1.51. The van der Waals surface area contributed by atoms with Crippen LogP contribution in [0.4, 0.5) is 0 Å². The Morgan fingerprint density at radius 1 is 1.07 bits per heavy atom. The van der Waals surface area contributed by atoms with Crippen LogP contribution in [0, 0.1) is 20.8 Å². The second-order valence-corrected chi connectivity index (χ2v) is 7.40. The smallest absolute Gasteiger partial charge is 0.232 e. The van der Waals surface area contributed by atoms with Gasteiger partial charge in [-0.1, -0.05) is 40.6 Å². The highest BCUT2D eigenvalue weighted by molar-refractivity contribution is 5.77. The number of rotatable bonds is 5. The molecule has 1 amide bonds. The van der Waals surface area contributed by atoms with Crippen molar-refractivity contribution in [3.63, 3.8) is 0 Å². The normalized spacial score (nSPS) is 19.3. The van der Waals surface area contributed by atoms with Crippen molar-refractivity contribution in [2.24, 2.45) is 0 Å². The van der Waals surface area contributed by atoms with Crippen molar-refractivity contribution in [3.8, 4) is 0 Å². The fraction of sp³-hybridized carbons (Fsp3) is 0.429. The first-order valence-corrected chi connectivity index (χ1v) is 9.57. The number of aryl methyl sites for hydroxylation is 3. The molecule has 0 bridgehead atoms. The van der Waals surface area contributed by atoms with Crippen LogP contribution < -0.4 is 0 Å². The van der Waals surface area contributed by atoms with E-state index >= 15 is 0 Å². The lowest BCUT2D eigenvalue weighted by atomic mass is 9.89. The minimum absolute atomic E-state index is 0.00612. The van der Waals surface area contributed by atoms with Crippen LogP contribution in [0.2, 0.25) is 0 Å². The first kappa shape index (κ1) is 18.4. The molecule has 2 aromatic heterocycles. The molecule has 4 rings (SSSR count). The van der Waals surface area contributed by atoms with Gasteiger partial charge in [0, 0.05) is 31.0 Å². The van der Waals surface area contributed by atoms with Crippen LogP contribution in [0.3, 0.4) is 0 Å². The minimum Gasteiger partial charge on any atom is -0.361 e. The summed E-state index contributed by atoms with van der Waals surface area (Å²) in [5, 5.41) is 7.91. The molecule has 28 heavy (non-hydrogen) atoms. The number of benzene rings is 1. The number of hydrogen-bond donors (Lipinski definition) is 0. The van der Waals surface area contributed by atoms with Gasteiger partial charge in [0.2, 0.25) is 11.8 Å². The maximum Gasteiger partial charge on any atom is 0.232 e. The SMILES string of the molecule is Cc1noc([C@@H]2CN(C(=O)CCc3c(C)noc3C)C[C@H]2c2ccccc2)n1. The highest BCUT2D eigenvalue weighted by Crippen LogP contribution is 2.39. The summed E-state index contributed by atoms with van der Waals surface area (Å²) >= 11 is 0. The fourth-order valence-corrected chi connectivity index (χ4v) is 4.01. The molecule has 0 saturated carbocycles. The summed E-state index contributed by atoms with van der Waals surface area (Å²) in [5.74, 6) is 2.28. The van der Waals surface area contributed by atoms with E-state index in [1.54, 1.807) is 0 Å². The molecule has 7 nitrogen and oxygen atoms in total. The van der Waals surface area contributed by atoms with Crippen LogP contribution in [0.25, 0.3) is 0 Å². The van der Waals surface area contributed by atoms with Gasteiger partial charge in [0.1, 0.15) is 5.76 Å². The van der Waals surface area contributed by atoms with E-state index in [1.807, 2.05) is 43.9 Å². The fourth-order valence-electron chi connectivity index (χ4n) is 4.01. The highest BCUT2D eigenvalue weighted by Gasteiger charge is 2.40. The largest absolute Gasteiger partial charge is 0.361 e. The molecule has 0 radical (unpaired) electrons. The number of amides is 1. The zero-order chi connectivity index (χ0) is 19.7. The van der Waals surface area contributed by atoms with Gasteiger partial charge in [0.15, 0.2) is 5.82 Å². The molecular formula is C21H24N4O3. The molecule has 0 spiro atoms. The van der Waals surface area contributed by atoms with E-state index in [-0.39, 0.29) is 17.7 Å². The third kappa shape index (κ3) is 3.56. The molecule has 2 atom stereocenters. The summed E-state index contributed by atoms with van der Waals surface area (Å²) in [7, 11) is 0. The number of carbonyl (C=O) groups is 1. The Hall–Kier alpha value is -2.96. The highest BCUT2D eigenvalue weighted by atomic mass is 16.5. The van der Waals surface area contributed by atoms with Crippen LogP contribution in [0.1, 0.15) is 52.6 Å². The van der Waals surface area contributed by atoms with E-state index in [9.17, 15) is 4.79 Å². The van der Waals surface area contributed by atoms with Crippen LogP contribution in [0.15, 0.2) is 39.4 Å². The maximum absolute atomic E-state index is 12.9. The van der Waals surface area contributed by atoms with Gasteiger partial charge in [-0.05, 0) is 32.8 Å². The van der Waals surface area contributed by atoms with E-state index in [4.69, 9.17) is 9.05 Å². The predicted octanol–water partition coefficient (Wildman–Crippen LogP) is 3.33. The third-order valence-corrected chi connectivity index (χ3v) is 5.53. The Morgan fingerprint density at radius 2 is 1.82 bits per heavy atom. The Bertz CT molecular complexity index is 944. The van der Waals surface area contributed by atoms with Crippen molar-refractivity contribution < 1.29 is 13.8 Å². The van der Waals surface area contributed by atoms with Gasteiger partial charge in [0.05, 0.1) is 11.6 Å². The van der Waals surface area contributed by atoms with Crippen molar-refractivity contribution in [2.45, 2.75) is 45.4 Å². The lowest BCUT2D eigenvalue weighted by molar-refractivity contribution is -0.130. The zero-order valence-corrected chi connectivity index (χ0v) is 16.4. The molecule has 3 heterocycles. The molecule has 1 saturated heterocycles. The molecule has 1 aliphatic rings. The third-order valence-electron chi connectivity index (χ3n) is 5.53. The molecule has 0 N–H and O–H groups in total. The summed E-state index contributed by atoms with van der Waals surface area (Å²) in [4.78, 5) is 19.3. The van der Waals surface area contributed by atoms with Crippen LogP contribution >= 0.6 is 0 Å². The van der Waals surface area contributed by atoms with Gasteiger partial charge in [-0.15, -0.1) is 0 Å². The van der Waals surface area contributed by atoms with Crippen LogP contribution in [0.5, 0.6) is 0 Å². The van der Waals surface area contributed by atoms with Gasteiger partial charge in [0.25, 0.3) is 0 Å². The van der Waals surface area contributed by atoms with Crippen molar-refractivity contribution in [3.05, 3.63) is 64.6 Å². The molecule has 0 aliphatic carbocycles. The number of carbonyl (C=O) groups excluding carboxylic acids is 1. The molecular weight excluding hydrogens is 356 g/mol. The second kappa shape index (κ2) is 7.58. The minimum atomic E-state index is 0.00612. The van der Waals surface area contributed by atoms with Crippen LogP contribution in [-0.4, -0.2) is 39.2 Å². The lowest BCUT2D eigenvalue weighted by Crippen LogP contribution is -2.29. The van der Waals surface area contributed by atoms with E-state index in [1.165, 1.54) is 5.56 Å². The molecule has 1 aromatic carbocycles. The second-order valence-electron chi connectivity index (χ2n) is 7.40. The average molecular weight is 380 g/mol. The zero-order valence-electron chi connectivity index (χ0n) is 16.4. The van der Waals surface area contributed by atoms with Gasteiger partial charge in [-0.3, -0.25) is 4.79 Å². The molecule has 146 valence electrons. The van der Waals surface area contributed by atoms with Crippen molar-refractivity contribution >= 4 is 5.91 Å². The molecule has 1 aliphatic heterocycles. The van der Waals surface area contributed by atoms with Gasteiger partial charge < -0.3 is 13.9 Å². The van der Waals surface area contributed by atoms with E-state index < -0.39 is 0 Å². The summed E-state index contributed by atoms with van der Waals surface area (Å²) in [6, 6.07) is 10.2. The van der Waals surface area contributed by atoms with Crippen molar-refractivity contribution in [1.82, 2.24) is 20.2 Å². The topological polar surface area (TPSA) is 85.3 Å². The van der Waals surface area contributed by atoms with E-state index in [2.05, 4.69) is 27.4 Å². The van der Waals surface area contributed by atoms with Crippen molar-refractivity contribution in [1.29, 1.82) is 0 Å². The van der Waals surface area contributed by atoms with Gasteiger partial charge in [-0.25, -0.2) is 0 Å². The predicted molar refractivity (Wildman–Crippen MR) is 102 cm³/mol. The molecule has 1 fully saturated rings. The van der Waals surface area contributed by atoms with E-state index in [0.29, 0.717) is 37.6 Å². The quantitative estimate of drug-likeness (QED) is 0.675. The monoisotopic (exact) mass is 380 g/mol. The van der Waals surface area contributed by atoms with Crippen LogP contribution in [-0.2, 0) is 11.2 Å². The Kier molecular flexibility index (Phi) is 4.98. The summed E-state index contributed by atoms with van der Waals surface area (Å²) in [6.45, 7) is 6.84. The lowest BCUT2D eigenvalue weighted by Gasteiger charge is -2.16. The molecule has 0 unspecified atom stereocenters. The number of nitrogens with zero attached hydrogens (tertiary/aromatic N) is 4.